The molecule has 0 amide bonds. The van der Waals surface area contributed by atoms with Crippen molar-refractivity contribution in [1.29, 1.82) is 0 Å². The van der Waals surface area contributed by atoms with E-state index in [4.69, 9.17) is 11.6 Å². The number of nitrogens with one attached hydrogen (secondary N) is 2. The highest BCUT2D eigenvalue weighted by molar-refractivity contribution is 6.31. The summed E-state index contributed by atoms with van der Waals surface area (Å²) in [6.07, 6.45) is 0. The first-order valence-corrected chi connectivity index (χ1v) is 6.28. The normalized spacial score (nSPS) is 11.4. The maximum Gasteiger partial charge on any atom is 0.159 e. The third-order valence-electron chi connectivity index (χ3n) is 3.14. The summed E-state index contributed by atoms with van der Waals surface area (Å²) in [4.78, 5) is 7.83. The van der Waals surface area contributed by atoms with Crippen molar-refractivity contribution in [2.45, 2.75) is 0 Å². The van der Waals surface area contributed by atoms with Crippen LogP contribution in [0.1, 0.15) is 0 Å². The van der Waals surface area contributed by atoms with Crippen molar-refractivity contribution in [2.24, 2.45) is 0 Å². The Hall–Kier alpha value is -2.33. The van der Waals surface area contributed by atoms with Crippen LogP contribution in [0.5, 0.6) is 0 Å². The Morgan fingerprint density at radius 1 is 1.00 bits per heavy atom. The topological polar surface area (TPSA) is 57.4 Å². The lowest BCUT2D eigenvalue weighted by molar-refractivity contribution is 1.11. The first-order valence-electron chi connectivity index (χ1n) is 5.90. The maximum absolute atomic E-state index is 6.04. The molecule has 2 aromatic carbocycles. The molecule has 0 aliphatic rings. The Morgan fingerprint density at radius 2 is 1.89 bits per heavy atom. The van der Waals surface area contributed by atoms with E-state index < -0.39 is 0 Å². The predicted octanol–water partition coefficient (Wildman–Crippen LogP) is 3.76. The average Bonchev–Trinajstić information content (AvgIpc) is 3.00. The van der Waals surface area contributed by atoms with E-state index in [2.05, 4.69) is 20.2 Å². The zero-order valence-corrected chi connectivity index (χ0v) is 10.6. The molecule has 0 bridgehead atoms. The van der Waals surface area contributed by atoms with Gasteiger partial charge >= 0.3 is 0 Å². The molecule has 2 heterocycles. The zero-order valence-electron chi connectivity index (χ0n) is 9.81. The summed E-state index contributed by atoms with van der Waals surface area (Å²) in [5.74, 6) is 0.745. The van der Waals surface area contributed by atoms with Crippen molar-refractivity contribution in [3.05, 3.63) is 47.5 Å². The van der Waals surface area contributed by atoms with Gasteiger partial charge in [0, 0.05) is 10.4 Å². The van der Waals surface area contributed by atoms with E-state index in [-0.39, 0.29) is 0 Å². The van der Waals surface area contributed by atoms with Crippen molar-refractivity contribution in [3.63, 3.8) is 0 Å². The number of H-pyrrole nitrogens is 2. The molecule has 92 valence electrons. The molecular formula is C14H9ClN4. The SMILES string of the molecule is Clc1ccc2[nH]nc(-c3nc4ccccc4[nH]3)c2c1. The highest BCUT2D eigenvalue weighted by atomic mass is 35.5. The second kappa shape index (κ2) is 3.83. The molecule has 0 saturated heterocycles. The third-order valence-corrected chi connectivity index (χ3v) is 3.37. The van der Waals surface area contributed by atoms with Gasteiger partial charge in [-0.2, -0.15) is 5.10 Å². The van der Waals surface area contributed by atoms with Gasteiger partial charge in [0.2, 0.25) is 0 Å². The standard InChI is InChI=1S/C14H9ClN4/c15-8-5-6-10-9(7-8)13(19-18-10)14-16-11-3-1-2-4-12(11)17-14/h1-7H,(H,16,17)(H,18,19). The lowest BCUT2D eigenvalue weighted by Crippen LogP contribution is -1.81. The van der Waals surface area contributed by atoms with Gasteiger partial charge in [-0.25, -0.2) is 4.98 Å². The van der Waals surface area contributed by atoms with Crippen LogP contribution in [0.25, 0.3) is 33.5 Å². The summed E-state index contributed by atoms with van der Waals surface area (Å²) in [5, 5.41) is 8.96. The highest BCUT2D eigenvalue weighted by Gasteiger charge is 2.12. The second-order valence-corrected chi connectivity index (χ2v) is 4.80. The Bertz CT molecular complexity index is 858. The molecule has 0 atom stereocenters. The van der Waals surface area contributed by atoms with Gasteiger partial charge in [0.05, 0.1) is 16.6 Å². The lowest BCUT2D eigenvalue weighted by Gasteiger charge is -1.93. The minimum Gasteiger partial charge on any atom is -0.337 e. The molecule has 0 fully saturated rings. The molecule has 0 saturated carbocycles. The minimum atomic E-state index is 0.686. The fourth-order valence-corrected chi connectivity index (χ4v) is 2.40. The Morgan fingerprint density at radius 3 is 2.79 bits per heavy atom. The van der Waals surface area contributed by atoms with Crippen LogP contribution in [0.15, 0.2) is 42.5 Å². The van der Waals surface area contributed by atoms with Crippen LogP contribution in [0, 0.1) is 0 Å². The van der Waals surface area contributed by atoms with Crippen molar-refractivity contribution in [3.8, 4) is 11.5 Å². The molecule has 2 N–H and O–H groups in total. The molecule has 0 aliphatic heterocycles. The van der Waals surface area contributed by atoms with Gasteiger partial charge in [-0.05, 0) is 30.3 Å². The van der Waals surface area contributed by atoms with Crippen LogP contribution < -0.4 is 0 Å². The van der Waals surface area contributed by atoms with Crippen molar-refractivity contribution < 1.29 is 0 Å². The molecule has 0 aliphatic carbocycles. The predicted molar refractivity (Wildman–Crippen MR) is 76.2 cm³/mol. The van der Waals surface area contributed by atoms with E-state index in [0.717, 1.165) is 33.5 Å². The molecule has 19 heavy (non-hydrogen) atoms. The van der Waals surface area contributed by atoms with Crippen LogP contribution in [0.4, 0.5) is 0 Å². The molecule has 0 radical (unpaired) electrons. The molecule has 4 nitrogen and oxygen atoms in total. The summed E-state index contributed by atoms with van der Waals surface area (Å²) < 4.78 is 0. The molecule has 2 aromatic heterocycles. The fraction of sp³-hybridized carbons (Fsp3) is 0. The Labute approximate surface area is 113 Å². The Kier molecular flexibility index (Phi) is 2.13. The maximum atomic E-state index is 6.04. The number of aromatic amines is 2. The van der Waals surface area contributed by atoms with Gasteiger partial charge in [-0.3, -0.25) is 5.10 Å². The lowest BCUT2D eigenvalue weighted by atomic mass is 10.2. The van der Waals surface area contributed by atoms with Crippen LogP contribution in [-0.4, -0.2) is 20.2 Å². The largest absolute Gasteiger partial charge is 0.337 e. The molecule has 0 unspecified atom stereocenters. The number of para-hydroxylation sites is 2. The fourth-order valence-electron chi connectivity index (χ4n) is 2.23. The number of hydrogen-bond donors (Lipinski definition) is 2. The monoisotopic (exact) mass is 268 g/mol. The van der Waals surface area contributed by atoms with E-state index in [1.54, 1.807) is 0 Å². The number of hydrogen-bond acceptors (Lipinski definition) is 2. The number of benzene rings is 2. The van der Waals surface area contributed by atoms with E-state index in [1.165, 1.54) is 0 Å². The smallest absolute Gasteiger partial charge is 0.159 e. The third kappa shape index (κ3) is 1.61. The summed E-state index contributed by atoms with van der Waals surface area (Å²) >= 11 is 6.04. The first kappa shape index (κ1) is 10.6. The number of aromatic nitrogens is 4. The summed E-state index contributed by atoms with van der Waals surface area (Å²) in [6.45, 7) is 0. The quantitative estimate of drug-likeness (QED) is 0.552. The van der Waals surface area contributed by atoms with Gasteiger partial charge in [-0.1, -0.05) is 23.7 Å². The van der Waals surface area contributed by atoms with Gasteiger partial charge in [0.15, 0.2) is 5.82 Å². The average molecular weight is 269 g/mol. The first-order chi connectivity index (χ1) is 9.31. The number of rotatable bonds is 1. The molecule has 4 rings (SSSR count). The summed E-state index contributed by atoms with van der Waals surface area (Å²) in [5.41, 5.74) is 3.65. The zero-order chi connectivity index (χ0) is 12.8. The summed E-state index contributed by atoms with van der Waals surface area (Å²) in [7, 11) is 0. The van der Waals surface area contributed by atoms with Gasteiger partial charge in [-0.15, -0.1) is 0 Å². The van der Waals surface area contributed by atoms with Crippen LogP contribution in [-0.2, 0) is 0 Å². The summed E-state index contributed by atoms with van der Waals surface area (Å²) in [6, 6.07) is 13.5. The number of halogens is 1. The van der Waals surface area contributed by atoms with Crippen molar-refractivity contribution in [2.75, 3.05) is 0 Å². The van der Waals surface area contributed by atoms with Gasteiger partial charge in [0.25, 0.3) is 0 Å². The van der Waals surface area contributed by atoms with E-state index in [1.807, 2.05) is 42.5 Å². The van der Waals surface area contributed by atoms with Gasteiger partial charge < -0.3 is 4.98 Å². The number of fused-ring (bicyclic) bond motifs is 2. The van der Waals surface area contributed by atoms with Crippen molar-refractivity contribution in [1.82, 2.24) is 20.2 Å². The molecular weight excluding hydrogens is 260 g/mol. The van der Waals surface area contributed by atoms with Crippen LogP contribution in [0.2, 0.25) is 5.02 Å². The van der Waals surface area contributed by atoms with E-state index in [0.29, 0.717) is 5.02 Å². The van der Waals surface area contributed by atoms with Crippen LogP contribution in [0.3, 0.4) is 0 Å². The molecule has 0 spiro atoms. The minimum absolute atomic E-state index is 0.686. The van der Waals surface area contributed by atoms with E-state index >= 15 is 0 Å². The molecule has 4 aromatic rings. The van der Waals surface area contributed by atoms with Gasteiger partial charge in [0.1, 0.15) is 5.69 Å². The Balaban J connectivity index is 2.00. The number of imidazole rings is 1. The highest BCUT2D eigenvalue weighted by Crippen LogP contribution is 2.27. The second-order valence-electron chi connectivity index (χ2n) is 4.36. The van der Waals surface area contributed by atoms with E-state index in [9.17, 15) is 0 Å². The number of nitrogens with zero attached hydrogens (tertiary/aromatic N) is 2. The van der Waals surface area contributed by atoms with Crippen molar-refractivity contribution >= 4 is 33.5 Å². The molecule has 5 heteroatoms. The van der Waals surface area contributed by atoms with Crippen LogP contribution >= 0.6 is 11.6 Å².